The molecule has 0 atom stereocenters. The van der Waals surface area contributed by atoms with Gasteiger partial charge < -0.3 is 29.5 Å². The minimum atomic E-state index is -0.576. The standard InChI is InChI=1S/C27H22ClFN4O4/c1-35-17-36-25-14-20(29)6-11-23(25)18-2-9-22(10-3-18)37-26(24(15-30)33-13-12-31-16-33)27(34)32-21-7-4-19(28)5-8-21/h2-16,30H,17H2,1H3,(H,32,34)/b26-24-,30-15?. The van der Waals surface area contributed by atoms with E-state index in [0.29, 0.717) is 27.8 Å². The average Bonchev–Trinajstić information content (AvgIpc) is 3.44. The lowest BCUT2D eigenvalue weighted by Crippen LogP contribution is -2.21. The number of halogens is 2. The smallest absolute Gasteiger partial charge is 0.293 e. The molecular weight excluding hydrogens is 499 g/mol. The molecule has 0 saturated carbocycles. The van der Waals surface area contributed by atoms with E-state index in [1.54, 1.807) is 60.8 Å². The maximum Gasteiger partial charge on any atom is 0.293 e. The zero-order chi connectivity index (χ0) is 26.2. The summed E-state index contributed by atoms with van der Waals surface area (Å²) in [6.45, 7) is -0.0326. The molecule has 8 nitrogen and oxygen atoms in total. The van der Waals surface area contributed by atoms with Crippen LogP contribution < -0.4 is 14.8 Å². The third-order valence-electron chi connectivity index (χ3n) is 5.12. The summed E-state index contributed by atoms with van der Waals surface area (Å²) in [4.78, 5) is 17.2. The first kappa shape index (κ1) is 25.6. The summed E-state index contributed by atoms with van der Waals surface area (Å²) in [5.74, 6) is -0.473. The van der Waals surface area contributed by atoms with Gasteiger partial charge in [0, 0.05) is 48.1 Å². The van der Waals surface area contributed by atoms with Gasteiger partial charge in [-0.3, -0.25) is 4.79 Å². The Balaban J connectivity index is 1.65. The SMILES string of the molecule is COCOc1cc(F)ccc1-c1ccc(O/C(C(=O)Nc2ccc(Cl)cc2)=C(/C=N)n2ccnc2)cc1. The highest BCUT2D eigenvalue weighted by Gasteiger charge is 2.20. The van der Waals surface area contributed by atoms with Crippen LogP contribution in [0.2, 0.25) is 5.02 Å². The van der Waals surface area contributed by atoms with Crippen LogP contribution in [0.25, 0.3) is 16.8 Å². The molecule has 4 aromatic rings. The quantitative estimate of drug-likeness (QED) is 0.118. The van der Waals surface area contributed by atoms with Gasteiger partial charge in [-0.2, -0.15) is 0 Å². The molecule has 1 heterocycles. The Labute approximate surface area is 217 Å². The molecule has 10 heteroatoms. The van der Waals surface area contributed by atoms with E-state index >= 15 is 0 Å². The van der Waals surface area contributed by atoms with Gasteiger partial charge in [-0.15, -0.1) is 0 Å². The minimum absolute atomic E-state index is 0.0326. The first-order valence-electron chi connectivity index (χ1n) is 11.0. The van der Waals surface area contributed by atoms with Crippen molar-refractivity contribution in [3.63, 3.8) is 0 Å². The van der Waals surface area contributed by atoms with Crippen molar-refractivity contribution in [2.45, 2.75) is 0 Å². The molecule has 37 heavy (non-hydrogen) atoms. The maximum absolute atomic E-state index is 13.8. The second kappa shape index (κ2) is 12.0. The Morgan fingerprint density at radius 3 is 2.54 bits per heavy atom. The van der Waals surface area contributed by atoms with E-state index in [-0.39, 0.29) is 18.2 Å². The summed E-state index contributed by atoms with van der Waals surface area (Å²) >= 11 is 5.94. The van der Waals surface area contributed by atoms with Crippen LogP contribution in [0.4, 0.5) is 10.1 Å². The number of rotatable bonds is 10. The van der Waals surface area contributed by atoms with Crippen molar-refractivity contribution in [3.8, 4) is 22.6 Å². The fourth-order valence-corrected chi connectivity index (χ4v) is 3.52. The van der Waals surface area contributed by atoms with E-state index in [2.05, 4.69) is 10.3 Å². The number of carbonyl (C=O) groups is 1. The molecule has 188 valence electrons. The van der Waals surface area contributed by atoms with Gasteiger partial charge in [0.05, 0.1) is 6.33 Å². The van der Waals surface area contributed by atoms with Gasteiger partial charge in [0.1, 0.15) is 23.0 Å². The van der Waals surface area contributed by atoms with Crippen molar-refractivity contribution < 1.29 is 23.4 Å². The van der Waals surface area contributed by atoms with Crippen molar-refractivity contribution >= 4 is 35.1 Å². The van der Waals surface area contributed by atoms with Crippen LogP contribution in [-0.4, -0.2) is 35.6 Å². The number of hydrogen-bond donors (Lipinski definition) is 2. The molecule has 0 bridgehead atoms. The van der Waals surface area contributed by atoms with Crippen molar-refractivity contribution in [1.82, 2.24) is 9.55 Å². The number of hydrogen-bond acceptors (Lipinski definition) is 6. The van der Waals surface area contributed by atoms with Crippen LogP contribution in [0.1, 0.15) is 0 Å². The normalized spacial score (nSPS) is 11.4. The highest BCUT2D eigenvalue weighted by molar-refractivity contribution is 6.30. The molecule has 0 aliphatic carbocycles. The second-order valence-electron chi connectivity index (χ2n) is 7.61. The summed E-state index contributed by atoms with van der Waals surface area (Å²) < 4.78 is 31.7. The summed E-state index contributed by atoms with van der Waals surface area (Å²) in [5.41, 5.74) is 2.05. The van der Waals surface area contributed by atoms with Gasteiger partial charge in [0.15, 0.2) is 6.79 Å². The third kappa shape index (κ3) is 6.40. The molecule has 1 aromatic heterocycles. The van der Waals surface area contributed by atoms with Crippen LogP contribution >= 0.6 is 11.6 Å². The van der Waals surface area contributed by atoms with Crippen LogP contribution in [0.5, 0.6) is 11.5 Å². The van der Waals surface area contributed by atoms with Gasteiger partial charge in [-0.1, -0.05) is 23.7 Å². The monoisotopic (exact) mass is 520 g/mol. The lowest BCUT2D eigenvalue weighted by molar-refractivity contribution is -0.114. The number of ether oxygens (including phenoxy) is 3. The van der Waals surface area contributed by atoms with E-state index < -0.39 is 11.7 Å². The van der Waals surface area contributed by atoms with Crippen molar-refractivity contribution in [1.29, 1.82) is 5.41 Å². The first-order chi connectivity index (χ1) is 18.0. The molecule has 4 rings (SSSR count). The number of methoxy groups -OCH3 is 1. The van der Waals surface area contributed by atoms with Gasteiger partial charge in [-0.25, -0.2) is 9.37 Å². The molecule has 0 unspecified atom stereocenters. The highest BCUT2D eigenvalue weighted by Crippen LogP contribution is 2.32. The Kier molecular flexibility index (Phi) is 8.29. The van der Waals surface area contributed by atoms with E-state index in [1.807, 2.05) is 0 Å². The predicted octanol–water partition coefficient (Wildman–Crippen LogP) is 5.86. The number of amides is 1. The second-order valence-corrected chi connectivity index (χ2v) is 8.04. The van der Waals surface area contributed by atoms with Gasteiger partial charge in [0.25, 0.3) is 5.91 Å². The van der Waals surface area contributed by atoms with Crippen molar-refractivity contribution in [3.05, 3.63) is 102 Å². The lowest BCUT2D eigenvalue weighted by atomic mass is 10.0. The van der Waals surface area contributed by atoms with Gasteiger partial charge >= 0.3 is 0 Å². The predicted molar refractivity (Wildman–Crippen MR) is 139 cm³/mol. The molecule has 0 radical (unpaired) electrons. The molecular formula is C27H22ClFN4O4. The van der Waals surface area contributed by atoms with Gasteiger partial charge in [-0.05, 0) is 54.1 Å². The first-order valence-corrected chi connectivity index (χ1v) is 11.4. The highest BCUT2D eigenvalue weighted by atomic mass is 35.5. The largest absolute Gasteiger partial charge is 0.467 e. The Hall–Kier alpha value is -4.47. The summed E-state index contributed by atoms with van der Waals surface area (Å²) in [5, 5.41) is 11.2. The number of nitrogens with zero attached hydrogens (tertiary/aromatic N) is 2. The molecule has 0 spiro atoms. The van der Waals surface area contributed by atoms with E-state index in [9.17, 15) is 9.18 Å². The number of carbonyl (C=O) groups excluding carboxylic acids is 1. The topological polar surface area (TPSA) is 98.5 Å². The Morgan fingerprint density at radius 2 is 1.89 bits per heavy atom. The molecule has 0 aliphatic heterocycles. The maximum atomic E-state index is 13.8. The number of benzene rings is 3. The molecule has 3 aromatic carbocycles. The van der Waals surface area contributed by atoms with E-state index in [4.69, 9.17) is 31.2 Å². The average molecular weight is 521 g/mol. The van der Waals surface area contributed by atoms with Crippen LogP contribution in [0.3, 0.4) is 0 Å². The number of allylic oxidation sites excluding steroid dienone is 1. The molecule has 2 N–H and O–H groups in total. The fraction of sp³-hybridized carbons (Fsp3) is 0.0741. The number of anilines is 1. The summed E-state index contributed by atoms with van der Waals surface area (Å²) in [6, 6.07) is 17.6. The number of nitrogens with one attached hydrogen (secondary N) is 2. The lowest BCUT2D eigenvalue weighted by Gasteiger charge is -2.15. The van der Waals surface area contributed by atoms with E-state index in [0.717, 1.165) is 11.8 Å². The zero-order valence-electron chi connectivity index (χ0n) is 19.7. The number of imidazole rings is 1. The molecule has 0 aliphatic rings. The van der Waals surface area contributed by atoms with Crippen LogP contribution in [0, 0.1) is 11.2 Å². The fourth-order valence-electron chi connectivity index (χ4n) is 3.39. The minimum Gasteiger partial charge on any atom is -0.467 e. The molecule has 1 amide bonds. The Bertz CT molecular complexity index is 1410. The van der Waals surface area contributed by atoms with Crippen molar-refractivity contribution in [2.75, 3.05) is 19.2 Å². The van der Waals surface area contributed by atoms with Gasteiger partial charge in [0.2, 0.25) is 5.76 Å². The molecule has 0 saturated heterocycles. The van der Waals surface area contributed by atoms with Crippen LogP contribution in [-0.2, 0) is 9.53 Å². The summed E-state index contributed by atoms with van der Waals surface area (Å²) in [6.07, 6.45) is 5.58. The summed E-state index contributed by atoms with van der Waals surface area (Å²) in [7, 11) is 1.48. The zero-order valence-corrected chi connectivity index (χ0v) is 20.4. The third-order valence-corrected chi connectivity index (χ3v) is 5.37. The number of aromatic nitrogens is 2. The Morgan fingerprint density at radius 1 is 1.14 bits per heavy atom. The van der Waals surface area contributed by atoms with E-state index in [1.165, 1.54) is 36.3 Å². The van der Waals surface area contributed by atoms with Crippen LogP contribution in [0.15, 0.2) is 91.2 Å². The molecule has 0 fully saturated rings. The van der Waals surface area contributed by atoms with Crippen molar-refractivity contribution in [2.24, 2.45) is 0 Å².